The van der Waals surface area contributed by atoms with Gasteiger partial charge in [0, 0.05) is 36.4 Å². The van der Waals surface area contributed by atoms with Gasteiger partial charge in [0.2, 0.25) is 0 Å². The van der Waals surface area contributed by atoms with Crippen LogP contribution in [0.3, 0.4) is 0 Å². The van der Waals surface area contributed by atoms with E-state index < -0.39 is 0 Å². The Morgan fingerprint density at radius 1 is 1.45 bits per heavy atom. The topological polar surface area (TPSA) is 24.5 Å². The Morgan fingerprint density at radius 2 is 2.20 bits per heavy atom. The van der Waals surface area contributed by atoms with Gasteiger partial charge in [0.05, 0.1) is 6.61 Å². The van der Waals surface area contributed by atoms with Crippen LogP contribution in [-0.2, 0) is 11.3 Å². The second-order valence-electron chi connectivity index (χ2n) is 5.57. The fourth-order valence-corrected chi connectivity index (χ4v) is 3.14. The predicted molar refractivity (Wildman–Crippen MR) is 88.3 cm³/mol. The summed E-state index contributed by atoms with van der Waals surface area (Å²) in [6.07, 6.45) is 2.73. The molecule has 2 rings (SSSR count). The Balaban J connectivity index is 2.25. The SMILES string of the molecule is CNCc1cc(Br)ccc1N(CCOC)C(C)C1CC1. The van der Waals surface area contributed by atoms with Crippen LogP contribution in [0.25, 0.3) is 0 Å². The molecule has 0 aromatic heterocycles. The van der Waals surface area contributed by atoms with Gasteiger partial charge < -0.3 is 15.0 Å². The van der Waals surface area contributed by atoms with Gasteiger partial charge in [-0.2, -0.15) is 0 Å². The van der Waals surface area contributed by atoms with Gasteiger partial charge in [0.25, 0.3) is 0 Å². The van der Waals surface area contributed by atoms with Crippen molar-refractivity contribution in [1.82, 2.24) is 5.32 Å². The zero-order valence-corrected chi connectivity index (χ0v) is 14.2. The van der Waals surface area contributed by atoms with E-state index in [4.69, 9.17) is 4.74 Å². The fourth-order valence-electron chi connectivity index (χ4n) is 2.73. The number of rotatable bonds is 8. The highest BCUT2D eigenvalue weighted by Gasteiger charge is 2.32. The van der Waals surface area contributed by atoms with Gasteiger partial charge in [-0.05, 0) is 56.5 Å². The van der Waals surface area contributed by atoms with Crippen molar-refractivity contribution in [2.75, 3.05) is 32.2 Å². The summed E-state index contributed by atoms with van der Waals surface area (Å²) in [5.74, 6) is 0.845. The molecule has 112 valence electrons. The zero-order chi connectivity index (χ0) is 14.5. The molecular weight excluding hydrogens is 316 g/mol. The van der Waals surface area contributed by atoms with E-state index >= 15 is 0 Å². The number of nitrogens with zero attached hydrogens (tertiary/aromatic N) is 1. The van der Waals surface area contributed by atoms with E-state index in [-0.39, 0.29) is 0 Å². The smallest absolute Gasteiger partial charge is 0.0637 e. The van der Waals surface area contributed by atoms with Crippen LogP contribution in [-0.4, -0.2) is 33.4 Å². The lowest BCUT2D eigenvalue weighted by Crippen LogP contribution is -2.38. The highest BCUT2D eigenvalue weighted by molar-refractivity contribution is 9.10. The van der Waals surface area contributed by atoms with E-state index in [0.29, 0.717) is 6.04 Å². The second-order valence-corrected chi connectivity index (χ2v) is 6.48. The molecule has 1 saturated carbocycles. The van der Waals surface area contributed by atoms with Crippen molar-refractivity contribution in [3.8, 4) is 0 Å². The molecule has 1 aliphatic rings. The van der Waals surface area contributed by atoms with Gasteiger partial charge in [0.15, 0.2) is 0 Å². The molecule has 3 nitrogen and oxygen atoms in total. The maximum absolute atomic E-state index is 5.30. The number of ether oxygens (including phenoxy) is 1. The molecule has 1 aromatic carbocycles. The predicted octanol–water partition coefficient (Wildman–Crippen LogP) is 3.42. The Bertz CT molecular complexity index is 434. The number of methoxy groups -OCH3 is 1. The lowest BCUT2D eigenvalue weighted by atomic mass is 10.1. The van der Waals surface area contributed by atoms with E-state index in [1.807, 2.05) is 7.05 Å². The van der Waals surface area contributed by atoms with Crippen molar-refractivity contribution in [3.63, 3.8) is 0 Å². The number of nitrogens with one attached hydrogen (secondary N) is 1. The highest BCUT2D eigenvalue weighted by atomic mass is 79.9. The van der Waals surface area contributed by atoms with Crippen molar-refractivity contribution in [3.05, 3.63) is 28.2 Å². The van der Waals surface area contributed by atoms with Crippen LogP contribution in [0.1, 0.15) is 25.3 Å². The lowest BCUT2D eigenvalue weighted by molar-refractivity contribution is 0.202. The maximum atomic E-state index is 5.30. The molecule has 1 fully saturated rings. The normalized spacial score (nSPS) is 16.2. The van der Waals surface area contributed by atoms with E-state index in [9.17, 15) is 0 Å². The van der Waals surface area contributed by atoms with Gasteiger partial charge in [-0.15, -0.1) is 0 Å². The Hall–Kier alpha value is -0.580. The molecule has 1 atom stereocenters. The van der Waals surface area contributed by atoms with Crippen molar-refractivity contribution in [2.45, 2.75) is 32.4 Å². The summed E-state index contributed by atoms with van der Waals surface area (Å²) in [5, 5.41) is 3.27. The molecule has 4 heteroatoms. The standard InChI is InChI=1S/C16H25BrN2O/c1-12(13-4-5-13)19(8-9-20-3)16-7-6-15(17)10-14(16)11-18-2/h6-7,10,12-13,18H,4-5,8-9,11H2,1-3H3. The third-order valence-corrected chi connectivity index (χ3v) is 4.54. The zero-order valence-electron chi connectivity index (χ0n) is 12.7. The number of benzene rings is 1. The second kappa shape index (κ2) is 7.43. The van der Waals surface area contributed by atoms with Gasteiger partial charge in [-0.25, -0.2) is 0 Å². The summed E-state index contributed by atoms with van der Waals surface area (Å²) >= 11 is 3.58. The highest BCUT2D eigenvalue weighted by Crippen LogP contribution is 2.38. The third-order valence-electron chi connectivity index (χ3n) is 4.05. The van der Waals surface area contributed by atoms with Crippen LogP contribution in [0.15, 0.2) is 22.7 Å². The van der Waals surface area contributed by atoms with Gasteiger partial charge in [0.1, 0.15) is 0 Å². The molecule has 0 spiro atoms. The van der Waals surface area contributed by atoms with Crippen molar-refractivity contribution < 1.29 is 4.74 Å². The summed E-state index contributed by atoms with van der Waals surface area (Å²) in [7, 11) is 3.77. The quantitative estimate of drug-likeness (QED) is 0.784. The molecule has 1 N–H and O–H groups in total. The molecule has 1 aliphatic carbocycles. The molecule has 0 amide bonds. The van der Waals surface area contributed by atoms with Gasteiger partial charge in [-0.3, -0.25) is 0 Å². The molecule has 1 aromatic rings. The first-order chi connectivity index (χ1) is 9.67. The van der Waals surface area contributed by atoms with Crippen LogP contribution in [0.4, 0.5) is 5.69 Å². The number of anilines is 1. The van der Waals surface area contributed by atoms with E-state index in [2.05, 4.69) is 51.3 Å². The summed E-state index contributed by atoms with van der Waals surface area (Å²) < 4.78 is 6.44. The van der Waals surface area contributed by atoms with E-state index in [1.165, 1.54) is 24.1 Å². The summed E-state index contributed by atoms with van der Waals surface area (Å²) in [5.41, 5.74) is 2.67. The van der Waals surface area contributed by atoms with Crippen molar-refractivity contribution >= 4 is 21.6 Å². The number of halogens is 1. The summed E-state index contributed by atoms with van der Waals surface area (Å²) in [4.78, 5) is 2.51. The first-order valence-electron chi connectivity index (χ1n) is 7.36. The third kappa shape index (κ3) is 3.96. The molecule has 0 saturated heterocycles. The van der Waals surface area contributed by atoms with Crippen LogP contribution in [0.5, 0.6) is 0 Å². The minimum Gasteiger partial charge on any atom is -0.383 e. The summed E-state index contributed by atoms with van der Waals surface area (Å²) in [6, 6.07) is 7.16. The average Bonchev–Trinajstić information content (AvgIpc) is 3.25. The molecule has 0 heterocycles. The van der Waals surface area contributed by atoms with Crippen LogP contribution in [0, 0.1) is 5.92 Å². The first kappa shape index (κ1) is 15.8. The number of hydrogen-bond acceptors (Lipinski definition) is 3. The van der Waals surface area contributed by atoms with E-state index in [1.54, 1.807) is 7.11 Å². The van der Waals surface area contributed by atoms with Gasteiger partial charge in [-0.1, -0.05) is 15.9 Å². The van der Waals surface area contributed by atoms with Crippen LogP contribution in [0.2, 0.25) is 0 Å². The minimum atomic E-state index is 0.585. The number of hydrogen-bond donors (Lipinski definition) is 1. The molecule has 0 radical (unpaired) electrons. The molecule has 1 unspecified atom stereocenters. The fraction of sp³-hybridized carbons (Fsp3) is 0.625. The first-order valence-corrected chi connectivity index (χ1v) is 8.15. The molecular formula is C16H25BrN2O. The molecule has 20 heavy (non-hydrogen) atoms. The molecule has 0 bridgehead atoms. The Kier molecular flexibility index (Phi) is 5.87. The van der Waals surface area contributed by atoms with Gasteiger partial charge >= 0.3 is 0 Å². The summed E-state index contributed by atoms with van der Waals surface area (Å²) in [6.45, 7) is 4.95. The monoisotopic (exact) mass is 340 g/mol. The Morgan fingerprint density at radius 3 is 2.80 bits per heavy atom. The largest absolute Gasteiger partial charge is 0.383 e. The van der Waals surface area contributed by atoms with Crippen molar-refractivity contribution in [2.24, 2.45) is 5.92 Å². The maximum Gasteiger partial charge on any atom is 0.0637 e. The van der Waals surface area contributed by atoms with Crippen LogP contribution >= 0.6 is 15.9 Å². The lowest BCUT2D eigenvalue weighted by Gasteiger charge is -2.33. The van der Waals surface area contributed by atoms with Crippen LogP contribution < -0.4 is 10.2 Å². The van der Waals surface area contributed by atoms with E-state index in [0.717, 1.165) is 30.1 Å². The minimum absolute atomic E-state index is 0.585. The van der Waals surface area contributed by atoms with Crippen molar-refractivity contribution in [1.29, 1.82) is 0 Å². The Labute approximate surface area is 130 Å². The molecule has 0 aliphatic heterocycles. The average molecular weight is 341 g/mol.